The summed E-state index contributed by atoms with van der Waals surface area (Å²) < 4.78 is 29.0. The molecule has 1 unspecified atom stereocenters. The fraction of sp³-hybridized carbons (Fsp3) is 0.200. The Bertz CT molecular complexity index is 1510. The van der Waals surface area contributed by atoms with E-state index in [-0.39, 0.29) is 16.3 Å². The van der Waals surface area contributed by atoms with Crippen molar-refractivity contribution in [1.29, 1.82) is 0 Å². The third-order valence-corrected chi connectivity index (χ3v) is 8.74. The molecule has 1 heterocycles. The highest BCUT2D eigenvalue weighted by Gasteiger charge is 2.42. The Balaban J connectivity index is 1.79. The summed E-state index contributed by atoms with van der Waals surface area (Å²) >= 11 is 18.5. The van der Waals surface area contributed by atoms with Gasteiger partial charge >= 0.3 is 0 Å². The molecule has 7 nitrogen and oxygen atoms in total. The number of nitrogens with one attached hydrogen (secondary N) is 2. The number of nitrogens with zero attached hydrogens (tertiary/aromatic N) is 1. The number of amides is 2. The lowest BCUT2D eigenvalue weighted by molar-refractivity contribution is -0.122. The van der Waals surface area contributed by atoms with Gasteiger partial charge in [0.1, 0.15) is 6.04 Å². The normalized spacial score (nSPS) is 15.3. The van der Waals surface area contributed by atoms with E-state index >= 15 is 0 Å². The molecule has 1 aliphatic rings. The Kier molecular flexibility index (Phi) is 7.26. The summed E-state index contributed by atoms with van der Waals surface area (Å²) in [6.07, 6.45) is -0.455. The van der Waals surface area contributed by atoms with Crippen LogP contribution < -0.4 is 14.9 Å². The number of carbonyl (C=O) groups is 2. The largest absolute Gasteiger partial charge is 0.325 e. The molecule has 0 aromatic heterocycles. The highest BCUT2D eigenvalue weighted by atomic mass is 35.5. The minimum absolute atomic E-state index is 0.0212. The summed E-state index contributed by atoms with van der Waals surface area (Å²) in [6.45, 7) is 5.15. The van der Waals surface area contributed by atoms with Crippen molar-refractivity contribution in [2.24, 2.45) is 0 Å². The van der Waals surface area contributed by atoms with Gasteiger partial charge in [-0.05, 0) is 79.9 Å². The number of benzene rings is 3. The maximum atomic E-state index is 14.0. The molecule has 4 rings (SSSR count). The Morgan fingerprint density at radius 2 is 1.69 bits per heavy atom. The molecule has 0 fully saturated rings. The van der Waals surface area contributed by atoms with Crippen molar-refractivity contribution >= 4 is 73.7 Å². The van der Waals surface area contributed by atoms with Gasteiger partial charge in [-0.25, -0.2) is 8.42 Å². The van der Waals surface area contributed by atoms with Crippen LogP contribution in [0.3, 0.4) is 0 Å². The van der Waals surface area contributed by atoms with E-state index in [1.165, 1.54) is 24.3 Å². The van der Waals surface area contributed by atoms with Crippen molar-refractivity contribution in [2.45, 2.75) is 38.1 Å². The van der Waals surface area contributed by atoms with Gasteiger partial charge in [0.15, 0.2) is 0 Å². The van der Waals surface area contributed by atoms with Crippen LogP contribution in [-0.4, -0.2) is 26.3 Å². The van der Waals surface area contributed by atoms with Gasteiger partial charge in [-0.2, -0.15) is 0 Å². The quantitative estimate of drug-likeness (QED) is 0.389. The predicted octanol–water partition coefficient (Wildman–Crippen LogP) is 6.12. The van der Waals surface area contributed by atoms with Gasteiger partial charge in [-0.1, -0.05) is 40.9 Å². The van der Waals surface area contributed by atoms with Gasteiger partial charge < -0.3 is 10.6 Å². The molecule has 0 aliphatic carbocycles. The zero-order valence-electron chi connectivity index (χ0n) is 19.5. The van der Waals surface area contributed by atoms with E-state index in [4.69, 9.17) is 34.8 Å². The lowest BCUT2D eigenvalue weighted by Crippen LogP contribution is -2.52. The summed E-state index contributed by atoms with van der Waals surface area (Å²) in [6, 6.07) is 11.2. The number of hydrogen-bond donors (Lipinski definition) is 2. The highest BCUT2D eigenvalue weighted by Crippen LogP contribution is 2.40. The molecular weight excluding hydrogens is 545 g/mol. The third-order valence-electron chi connectivity index (χ3n) is 5.81. The van der Waals surface area contributed by atoms with Crippen molar-refractivity contribution in [3.8, 4) is 0 Å². The predicted molar refractivity (Wildman–Crippen MR) is 144 cm³/mol. The van der Waals surface area contributed by atoms with Gasteiger partial charge in [-0.15, -0.1) is 0 Å². The van der Waals surface area contributed by atoms with Crippen molar-refractivity contribution in [2.75, 3.05) is 14.9 Å². The van der Waals surface area contributed by atoms with Crippen LogP contribution in [-0.2, 0) is 19.6 Å². The molecular formula is C25H22Cl3N3O4S. The van der Waals surface area contributed by atoms with E-state index in [0.29, 0.717) is 31.9 Å². The molecule has 0 spiro atoms. The Morgan fingerprint density at radius 3 is 2.42 bits per heavy atom. The zero-order chi connectivity index (χ0) is 26.4. The third kappa shape index (κ3) is 5.04. The topological polar surface area (TPSA) is 95.6 Å². The summed E-state index contributed by atoms with van der Waals surface area (Å²) in [7, 11) is -4.31. The summed E-state index contributed by atoms with van der Waals surface area (Å²) in [4.78, 5) is 26.2. The van der Waals surface area contributed by atoms with E-state index < -0.39 is 34.3 Å². The van der Waals surface area contributed by atoms with Gasteiger partial charge in [0, 0.05) is 10.0 Å². The highest BCUT2D eigenvalue weighted by molar-refractivity contribution is 7.93. The number of aryl methyl sites for hydroxylation is 3. The van der Waals surface area contributed by atoms with E-state index in [2.05, 4.69) is 10.6 Å². The molecule has 188 valence electrons. The van der Waals surface area contributed by atoms with Crippen molar-refractivity contribution in [1.82, 2.24) is 0 Å². The lowest BCUT2D eigenvalue weighted by atomic mass is 10.1. The second kappa shape index (κ2) is 9.94. The second-order valence-corrected chi connectivity index (χ2v) is 11.6. The first-order valence-electron chi connectivity index (χ1n) is 10.9. The van der Waals surface area contributed by atoms with E-state index in [0.717, 1.165) is 9.87 Å². The number of halogens is 3. The van der Waals surface area contributed by atoms with E-state index in [1.807, 2.05) is 6.92 Å². The minimum Gasteiger partial charge on any atom is -0.325 e. The maximum Gasteiger partial charge on any atom is 0.265 e. The molecule has 2 amide bonds. The number of fused-ring (bicyclic) bond motifs is 1. The molecule has 3 aromatic carbocycles. The average molecular weight is 567 g/mol. The van der Waals surface area contributed by atoms with E-state index in [9.17, 15) is 18.0 Å². The molecule has 0 radical (unpaired) electrons. The number of sulfonamides is 1. The SMILES string of the molecule is Cc1ccc(Cl)c(NC(=O)CC2C(=O)Nc3cc(Cl)ccc3N2S(=O)(=O)c2cc(C)c(Cl)cc2C)c1. The summed E-state index contributed by atoms with van der Waals surface area (Å²) in [5, 5.41) is 6.40. The Morgan fingerprint density at radius 1 is 0.972 bits per heavy atom. The first kappa shape index (κ1) is 26.3. The van der Waals surface area contributed by atoms with Crippen LogP contribution in [0.2, 0.25) is 15.1 Å². The maximum absolute atomic E-state index is 14.0. The molecule has 3 aromatic rings. The summed E-state index contributed by atoms with van der Waals surface area (Å²) in [5.74, 6) is -1.24. The second-order valence-electron chi connectivity index (χ2n) is 8.57. The van der Waals surface area contributed by atoms with Crippen LogP contribution >= 0.6 is 34.8 Å². The molecule has 11 heteroatoms. The first-order chi connectivity index (χ1) is 16.9. The van der Waals surface area contributed by atoms with Crippen molar-refractivity contribution < 1.29 is 18.0 Å². The van der Waals surface area contributed by atoms with Crippen molar-refractivity contribution in [3.05, 3.63) is 80.3 Å². The minimum atomic E-state index is -4.31. The zero-order valence-corrected chi connectivity index (χ0v) is 22.6. The summed E-state index contributed by atoms with van der Waals surface area (Å²) in [5.41, 5.74) is 2.61. The van der Waals surface area contributed by atoms with E-state index in [1.54, 1.807) is 38.1 Å². The van der Waals surface area contributed by atoms with Crippen LogP contribution in [0.15, 0.2) is 53.4 Å². The molecule has 2 N–H and O–H groups in total. The molecule has 1 aliphatic heterocycles. The van der Waals surface area contributed by atoms with Crippen LogP contribution in [0, 0.1) is 20.8 Å². The van der Waals surface area contributed by atoms with Gasteiger partial charge in [0.05, 0.1) is 33.4 Å². The van der Waals surface area contributed by atoms with Gasteiger partial charge in [0.25, 0.3) is 10.0 Å². The number of rotatable bonds is 5. The fourth-order valence-electron chi connectivity index (χ4n) is 4.01. The Hall–Kier alpha value is -2.78. The average Bonchev–Trinajstić information content (AvgIpc) is 2.79. The Labute approximate surface area is 224 Å². The van der Waals surface area contributed by atoms with Crippen molar-refractivity contribution in [3.63, 3.8) is 0 Å². The van der Waals surface area contributed by atoms with Crippen LogP contribution in [0.1, 0.15) is 23.1 Å². The lowest BCUT2D eigenvalue weighted by Gasteiger charge is -2.37. The van der Waals surface area contributed by atoms with Crippen LogP contribution in [0.4, 0.5) is 17.1 Å². The molecule has 0 bridgehead atoms. The fourth-order valence-corrected chi connectivity index (χ4v) is 6.50. The smallest absolute Gasteiger partial charge is 0.265 e. The van der Waals surface area contributed by atoms with Gasteiger partial charge in [-0.3, -0.25) is 13.9 Å². The molecule has 0 saturated heterocycles. The first-order valence-corrected chi connectivity index (χ1v) is 13.4. The molecule has 1 atom stereocenters. The van der Waals surface area contributed by atoms with Gasteiger partial charge in [0.2, 0.25) is 11.8 Å². The number of anilines is 3. The van der Waals surface area contributed by atoms with Crippen LogP contribution in [0.25, 0.3) is 0 Å². The number of carbonyl (C=O) groups excluding carboxylic acids is 2. The van der Waals surface area contributed by atoms with Crippen LogP contribution in [0.5, 0.6) is 0 Å². The standard InChI is InChI=1S/C25H22Cl3N3O4S/c1-13-4-6-17(27)19(8-13)29-24(32)12-22-25(33)30-20-11-16(26)5-7-21(20)31(22)36(34,35)23-10-14(2)18(28)9-15(23)3/h4-11,22H,12H2,1-3H3,(H,29,32)(H,30,33). The monoisotopic (exact) mass is 565 g/mol. The number of hydrogen-bond acceptors (Lipinski definition) is 4. The molecule has 36 heavy (non-hydrogen) atoms. The molecule has 0 saturated carbocycles.